The number of amides is 2. The second kappa shape index (κ2) is 5.94. The highest BCUT2D eigenvalue weighted by molar-refractivity contribution is 5.79. The van der Waals surface area contributed by atoms with E-state index in [9.17, 15) is 9.59 Å². The van der Waals surface area contributed by atoms with E-state index in [4.69, 9.17) is 16.7 Å². The molecule has 1 unspecified atom stereocenters. The van der Waals surface area contributed by atoms with Gasteiger partial charge in [-0.05, 0) is 6.92 Å². The van der Waals surface area contributed by atoms with Gasteiger partial charge in [0.25, 0.3) is 0 Å². The molecule has 0 aromatic rings. The third-order valence-electron chi connectivity index (χ3n) is 1.51. The Morgan fingerprint density at radius 3 is 2.07 bits per heavy atom. The third-order valence-corrected chi connectivity index (χ3v) is 1.51. The smallest absolute Gasteiger partial charge is 0.231 e. The normalized spacial score (nSPS) is 12.1. The number of carbonyl (C=O) groups excluding carboxylic acids is 2. The summed E-state index contributed by atoms with van der Waals surface area (Å²) < 4.78 is 0. The molecule has 0 aliphatic carbocycles. The molecular weight excluding hydrogens is 184 g/mol. The number of nitrogens with zero attached hydrogens (tertiary/aromatic N) is 2. The minimum atomic E-state index is -0.545. The van der Waals surface area contributed by atoms with Crippen molar-refractivity contribution >= 4 is 11.8 Å². The summed E-state index contributed by atoms with van der Waals surface area (Å²) in [4.78, 5) is 22.7. The largest absolute Gasteiger partial charge is 0.369 e. The minimum Gasteiger partial charge on any atom is -0.369 e. The maximum absolute atomic E-state index is 10.6. The van der Waals surface area contributed by atoms with Gasteiger partial charge in [0.15, 0.2) is 0 Å². The van der Waals surface area contributed by atoms with Crippen LogP contribution in [0.1, 0.15) is 6.92 Å². The summed E-state index contributed by atoms with van der Waals surface area (Å²) in [5.41, 5.74) is 9.94. The Bertz CT molecular complexity index is 243. The fraction of sp³-hybridized carbons (Fsp3) is 0.625. The van der Waals surface area contributed by atoms with E-state index in [2.05, 4.69) is 0 Å². The quantitative estimate of drug-likeness (QED) is 0.536. The van der Waals surface area contributed by atoms with Crippen molar-refractivity contribution < 1.29 is 9.59 Å². The second-order valence-electron chi connectivity index (χ2n) is 3.13. The van der Waals surface area contributed by atoms with Gasteiger partial charge in [0, 0.05) is 6.54 Å². The minimum absolute atomic E-state index is 0.0606. The molecule has 0 heterocycles. The molecule has 0 aliphatic heterocycles. The molecule has 6 heteroatoms. The van der Waals surface area contributed by atoms with Crippen LogP contribution in [0, 0.1) is 17.2 Å². The molecule has 0 radical (unpaired) electrons. The van der Waals surface area contributed by atoms with Crippen molar-refractivity contribution in [2.24, 2.45) is 17.4 Å². The number of primary amides is 2. The number of carbonyl (C=O) groups is 2. The fourth-order valence-corrected chi connectivity index (χ4v) is 1.05. The van der Waals surface area contributed by atoms with Gasteiger partial charge in [0.05, 0.1) is 25.1 Å². The zero-order valence-electron chi connectivity index (χ0n) is 8.06. The lowest BCUT2D eigenvalue weighted by molar-refractivity contribution is -0.122. The van der Waals surface area contributed by atoms with Gasteiger partial charge in [0.1, 0.15) is 0 Å². The lowest BCUT2D eigenvalue weighted by atomic mass is 10.2. The maximum atomic E-state index is 10.6. The number of rotatable bonds is 6. The van der Waals surface area contributed by atoms with Crippen molar-refractivity contribution in [2.45, 2.75) is 6.92 Å². The van der Waals surface area contributed by atoms with Gasteiger partial charge in [-0.15, -0.1) is 0 Å². The molecule has 0 spiro atoms. The van der Waals surface area contributed by atoms with Gasteiger partial charge in [-0.2, -0.15) is 5.26 Å². The van der Waals surface area contributed by atoms with E-state index in [0.717, 1.165) is 0 Å². The fourth-order valence-electron chi connectivity index (χ4n) is 1.05. The van der Waals surface area contributed by atoms with E-state index in [-0.39, 0.29) is 19.0 Å². The van der Waals surface area contributed by atoms with Crippen LogP contribution in [0.5, 0.6) is 0 Å². The highest BCUT2D eigenvalue weighted by Crippen LogP contribution is 1.97. The summed E-state index contributed by atoms with van der Waals surface area (Å²) in [6.45, 7) is 1.88. The molecule has 0 aliphatic rings. The average Bonchev–Trinajstić information content (AvgIpc) is 2.01. The van der Waals surface area contributed by atoms with E-state index < -0.39 is 11.8 Å². The van der Waals surface area contributed by atoms with Crippen molar-refractivity contribution in [1.82, 2.24) is 4.90 Å². The Morgan fingerprint density at radius 2 is 1.79 bits per heavy atom. The first-order chi connectivity index (χ1) is 6.45. The molecule has 0 saturated heterocycles. The van der Waals surface area contributed by atoms with Crippen LogP contribution in [-0.2, 0) is 9.59 Å². The first-order valence-corrected chi connectivity index (χ1v) is 4.14. The molecular formula is C8H14N4O2. The third kappa shape index (κ3) is 5.97. The lowest BCUT2D eigenvalue weighted by Gasteiger charge is -2.19. The monoisotopic (exact) mass is 198 g/mol. The SMILES string of the molecule is CC(C#N)CN(CC(N)=O)CC(N)=O. The molecule has 0 aromatic heterocycles. The van der Waals surface area contributed by atoms with Crippen molar-refractivity contribution in [3.05, 3.63) is 0 Å². The Hall–Kier alpha value is -1.61. The second-order valence-corrected chi connectivity index (χ2v) is 3.13. The first kappa shape index (κ1) is 12.4. The summed E-state index contributed by atoms with van der Waals surface area (Å²) >= 11 is 0. The lowest BCUT2D eigenvalue weighted by Crippen LogP contribution is -2.41. The number of nitrogens with two attached hydrogens (primary N) is 2. The Kier molecular flexibility index (Phi) is 5.26. The van der Waals surface area contributed by atoms with Crippen LogP contribution in [-0.4, -0.2) is 36.3 Å². The van der Waals surface area contributed by atoms with Crippen LogP contribution in [0.3, 0.4) is 0 Å². The molecule has 2 amide bonds. The predicted molar refractivity (Wildman–Crippen MR) is 49.6 cm³/mol. The van der Waals surface area contributed by atoms with Crippen molar-refractivity contribution in [2.75, 3.05) is 19.6 Å². The van der Waals surface area contributed by atoms with E-state index >= 15 is 0 Å². The molecule has 1 atom stereocenters. The van der Waals surface area contributed by atoms with Crippen LogP contribution in [0.4, 0.5) is 0 Å². The zero-order valence-corrected chi connectivity index (χ0v) is 8.06. The zero-order chi connectivity index (χ0) is 11.1. The van der Waals surface area contributed by atoms with Gasteiger partial charge in [0.2, 0.25) is 11.8 Å². The Labute approximate surface area is 82.4 Å². The van der Waals surface area contributed by atoms with E-state index in [1.54, 1.807) is 6.92 Å². The molecule has 4 N–H and O–H groups in total. The predicted octanol–water partition coefficient (Wildman–Crippen LogP) is -1.58. The van der Waals surface area contributed by atoms with Crippen LogP contribution >= 0.6 is 0 Å². The van der Waals surface area contributed by atoms with Gasteiger partial charge in [-0.1, -0.05) is 0 Å². The average molecular weight is 198 g/mol. The van der Waals surface area contributed by atoms with Gasteiger partial charge in [-0.25, -0.2) is 0 Å². The van der Waals surface area contributed by atoms with Crippen molar-refractivity contribution in [3.8, 4) is 6.07 Å². The van der Waals surface area contributed by atoms with Gasteiger partial charge >= 0.3 is 0 Å². The Balaban J connectivity index is 4.18. The van der Waals surface area contributed by atoms with E-state index in [1.165, 1.54) is 4.90 Å². The number of hydrogen-bond donors (Lipinski definition) is 2. The molecule has 78 valence electrons. The summed E-state index contributed by atoms with van der Waals surface area (Å²) in [6.07, 6.45) is 0. The van der Waals surface area contributed by atoms with Crippen molar-refractivity contribution in [1.29, 1.82) is 5.26 Å². The first-order valence-electron chi connectivity index (χ1n) is 4.14. The van der Waals surface area contributed by atoms with E-state index in [0.29, 0.717) is 6.54 Å². The van der Waals surface area contributed by atoms with Gasteiger partial charge in [-0.3, -0.25) is 14.5 Å². The molecule has 0 saturated carbocycles. The molecule has 0 rings (SSSR count). The standard InChI is InChI=1S/C8H14N4O2/c1-6(2-9)3-12(4-7(10)13)5-8(11)14/h6H,3-5H2,1H3,(H2,10,13)(H2,11,14). The molecule has 6 nitrogen and oxygen atoms in total. The summed E-state index contributed by atoms with van der Waals surface area (Å²) in [5.74, 6) is -1.36. The van der Waals surface area contributed by atoms with Crippen LogP contribution in [0.25, 0.3) is 0 Å². The number of nitriles is 1. The molecule has 0 aromatic carbocycles. The van der Waals surface area contributed by atoms with Crippen LogP contribution < -0.4 is 11.5 Å². The molecule has 0 fully saturated rings. The topological polar surface area (TPSA) is 113 Å². The molecule has 0 bridgehead atoms. The van der Waals surface area contributed by atoms with E-state index in [1.807, 2.05) is 6.07 Å². The summed E-state index contributed by atoms with van der Waals surface area (Å²) in [5, 5.41) is 8.54. The van der Waals surface area contributed by atoms with Crippen LogP contribution in [0.15, 0.2) is 0 Å². The van der Waals surface area contributed by atoms with Crippen molar-refractivity contribution in [3.63, 3.8) is 0 Å². The van der Waals surface area contributed by atoms with Crippen LogP contribution in [0.2, 0.25) is 0 Å². The molecule has 14 heavy (non-hydrogen) atoms. The summed E-state index contributed by atoms with van der Waals surface area (Å²) in [6, 6.07) is 2.00. The maximum Gasteiger partial charge on any atom is 0.231 e. The van der Waals surface area contributed by atoms with Gasteiger partial charge < -0.3 is 11.5 Å². The summed E-state index contributed by atoms with van der Waals surface area (Å²) in [7, 11) is 0. The highest BCUT2D eigenvalue weighted by atomic mass is 16.2. The Morgan fingerprint density at radius 1 is 1.36 bits per heavy atom. The highest BCUT2D eigenvalue weighted by Gasteiger charge is 2.13. The number of hydrogen-bond acceptors (Lipinski definition) is 4.